The van der Waals surface area contributed by atoms with Crippen LogP contribution in [0, 0.1) is 5.92 Å². The van der Waals surface area contributed by atoms with Crippen molar-refractivity contribution in [3.05, 3.63) is 0 Å². The molecule has 2 unspecified atom stereocenters. The molecule has 0 saturated carbocycles. The number of carboxylic acids is 1. The van der Waals surface area contributed by atoms with Crippen molar-refractivity contribution < 1.29 is 14.9 Å². The molecule has 6 heteroatoms. The summed E-state index contributed by atoms with van der Waals surface area (Å²) in [6.07, 6.45) is 7.70. The fraction of sp³-hybridized carbons (Fsp3) is 0.933. The summed E-state index contributed by atoms with van der Waals surface area (Å²) in [6.45, 7) is 3.86. The van der Waals surface area contributed by atoms with Crippen molar-refractivity contribution in [3.63, 3.8) is 0 Å². The number of hydrogen-bond donors (Lipinski definition) is 3. The molecule has 0 aromatic rings. The van der Waals surface area contributed by atoms with E-state index in [0.717, 1.165) is 39.0 Å². The van der Waals surface area contributed by atoms with E-state index in [1.165, 1.54) is 26.7 Å². The summed E-state index contributed by atoms with van der Waals surface area (Å²) in [6, 6.07) is 0. The van der Waals surface area contributed by atoms with Crippen molar-refractivity contribution in [1.29, 1.82) is 0 Å². The molecule has 2 fully saturated rings. The Morgan fingerprint density at radius 2 is 2.10 bits per heavy atom. The van der Waals surface area contributed by atoms with Gasteiger partial charge >= 0.3 is 5.97 Å². The molecule has 0 spiro atoms. The summed E-state index contributed by atoms with van der Waals surface area (Å²) in [5.74, 6) is -0.315. The lowest BCUT2D eigenvalue weighted by Crippen LogP contribution is -2.58. The summed E-state index contributed by atoms with van der Waals surface area (Å²) in [4.78, 5) is 14.2. The lowest BCUT2D eigenvalue weighted by molar-refractivity contribution is -0.147. The highest BCUT2D eigenvalue weighted by Crippen LogP contribution is 2.31. The second kappa shape index (κ2) is 8.15. The van der Waals surface area contributed by atoms with E-state index >= 15 is 0 Å². The summed E-state index contributed by atoms with van der Waals surface area (Å²) in [5, 5.41) is 21.8. The molecule has 2 aliphatic rings. The Hall–Kier alpha value is -0.585. The van der Waals surface area contributed by atoms with Gasteiger partial charge in [-0.3, -0.25) is 4.79 Å². The average Bonchev–Trinajstić information content (AvgIpc) is 2.52. The first-order valence-electron chi connectivity index (χ1n) is 8.33. The minimum Gasteiger partial charge on any atom is -0.480 e. The molecule has 2 saturated heterocycles. The predicted octanol–water partition coefficient (Wildman–Crippen LogP) is 1.11. The fourth-order valence-electron chi connectivity index (χ4n) is 3.73. The van der Waals surface area contributed by atoms with Crippen molar-refractivity contribution in [2.45, 2.75) is 56.8 Å². The van der Waals surface area contributed by atoms with Gasteiger partial charge in [0.25, 0.3) is 7.48 Å². The smallest absolute Gasteiger partial charge is 0.323 e. The van der Waals surface area contributed by atoms with Crippen LogP contribution in [0.4, 0.5) is 0 Å². The lowest BCUT2D eigenvalue weighted by atomic mass is 9.75. The van der Waals surface area contributed by atoms with E-state index in [1.807, 2.05) is 0 Å². The van der Waals surface area contributed by atoms with Gasteiger partial charge < -0.3 is 20.3 Å². The number of hydrogen-bond acceptors (Lipinski definition) is 4. The minimum absolute atomic E-state index is 0.395. The summed E-state index contributed by atoms with van der Waals surface area (Å²) >= 11 is 0. The summed E-state index contributed by atoms with van der Waals surface area (Å²) < 4.78 is 0. The zero-order valence-electron chi connectivity index (χ0n) is 12.9. The number of nitrogens with zero attached hydrogens (tertiary/aromatic N) is 1. The molecule has 0 aromatic heterocycles. The van der Waals surface area contributed by atoms with Gasteiger partial charge in [-0.1, -0.05) is 19.2 Å². The topological polar surface area (TPSA) is 72.8 Å². The van der Waals surface area contributed by atoms with Crippen molar-refractivity contribution in [2.75, 3.05) is 26.2 Å². The maximum atomic E-state index is 11.8. The Bertz CT molecular complexity index is 337. The van der Waals surface area contributed by atoms with Crippen LogP contribution in [0.2, 0.25) is 6.32 Å². The van der Waals surface area contributed by atoms with E-state index in [-0.39, 0.29) is 0 Å². The molecule has 0 aliphatic carbocycles. The van der Waals surface area contributed by atoms with Gasteiger partial charge in [0, 0.05) is 6.54 Å². The lowest BCUT2D eigenvalue weighted by Gasteiger charge is -2.40. The van der Waals surface area contributed by atoms with Crippen LogP contribution in [0.15, 0.2) is 0 Å². The zero-order chi connectivity index (χ0) is 15.1. The van der Waals surface area contributed by atoms with E-state index in [2.05, 4.69) is 10.2 Å². The third-order valence-electron chi connectivity index (χ3n) is 5.07. The Labute approximate surface area is 128 Å². The largest absolute Gasteiger partial charge is 0.480 e. The molecule has 2 rings (SSSR count). The first kappa shape index (κ1) is 16.8. The molecular weight excluding hydrogens is 267 g/mol. The van der Waals surface area contributed by atoms with Gasteiger partial charge in [0.2, 0.25) is 0 Å². The number of piperidine rings is 2. The van der Waals surface area contributed by atoms with E-state index in [1.54, 1.807) is 0 Å². The SMILES string of the molecule is O=C(O)C1(CCN2CCCCC2)CC(CC[B]O)CCN1. The molecule has 0 bridgehead atoms. The normalized spacial score (nSPS) is 31.0. The molecule has 0 aromatic carbocycles. The van der Waals surface area contributed by atoms with Crippen LogP contribution in [0.25, 0.3) is 0 Å². The number of carboxylic acid groups (broad SMARTS) is 1. The average molecular weight is 295 g/mol. The third-order valence-corrected chi connectivity index (χ3v) is 5.07. The number of carbonyl (C=O) groups is 1. The quantitative estimate of drug-likeness (QED) is 0.614. The molecule has 119 valence electrons. The number of likely N-dealkylation sites (tertiary alicyclic amines) is 1. The second-order valence-corrected chi connectivity index (χ2v) is 6.59. The van der Waals surface area contributed by atoms with E-state index in [0.29, 0.717) is 25.1 Å². The van der Waals surface area contributed by atoms with Crippen molar-refractivity contribution in [1.82, 2.24) is 10.2 Å². The molecule has 21 heavy (non-hydrogen) atoms. The van der Waals surface area contributed by atoms with Crippen molar-refractivity contribution >= 4 is 13.5 Å². The van der Waals surface area contributed by atoms with Gasteiger partial charge in [0.05, 0.1) is 0 Å². The van der Waals surface area contributed by atoms with Crippen LogP contribution in [-0.2, 0) is 4.79 Å². The molecule has 2 heterocycles. The van der Waals surface area contributed by atoms with Crippen LogP contribution in [0.1, 0.15) is 44.9 Å². The predicted molar refractivity (Wildman–Crippen MR) is 83.4 cm³/mol. The highest BCUT2D eigenvalue weighted by atomic mass is 16.4. The van der Waals surface area contributed by atoms with Crippen molar-refractivity contribution in [2.24, 2.45) is 5.92 Å². The first-order valence-corrected chi connectivity index (χ1v) is 8.33. The second-order valence-electron chi connectivity index (χ2n) is 6.59. The number of nitrogens with one attached hydrogen (secondary N) is 1. The third kappa shape index (κ3) is 4.69. The maximum absolute atomic E-state index is 11.8. The van der Waals surface area contributed by atoms with Crippen LogP contribution >= 0.6 is 0 Å². The van der Waals surface area contributed by atoms with Gasteiger partial charge in [0.15, 0.2) is 0 Å². The van der Waals surface area contributed by atoms with Gasteiger partial charge in [-0.15, -0.1) is 0 Å². The van der Waals surface area contributed by atoms with Crippen LogP contribution in [-0.4, -0.2) is 60.2 Å². The summed E-state index contributed by atoms with van der Waals surface area (Å²) in [5.41, 5.74) is -0.768. The Morgan fingerprint density at radius 1 is 1.33 bits per heavy atom. The fourth-order valence-corrected chi connectivity index (χ4v) is 3.73. The molecule has 2 atom stereocenters. The first-order chi connectivity index (χ1) is 10.2. The highest BCUT2D eigenvalue weighted by Gasteiger charge is 2.42. The van der Waals surface area contributed by atoms with E-state index in [9.17, 15) is 9.90 Å². The molecule has 1 radical (unpaired) electrons. The molecule has 2 aliphatic heterocycles. The van der Waals surface area contributed by atoms with Gasteiger partial charge in [-0.05, 0) is 57.7 Å². The van der Waals surface area contributed by atoms with Gasteiger partial charge in [0.1, 0.15) is 5.54 Å². The maximum Gasteiger partial charge on any atom is 0.323 e. The van der Waals surface area contributed by atoms with E-state index < -0.39 is 11.5 Å². The van der Waals surface area contributed by atoms with Gasteiger partial charge in [-0.2, -0.15) is 0 Å². The van der Waals surface area contributed by atoms with Gasteiger partial charge in [-0.25, -0.2) is 0 Å². The molecule has 0 amide bonds. The molecular formula is C15H28BN2O3. The number of aliphatic carboxylic acids is 1. The highest BCUT2D eigenvalue weighted by molar-refractivity contribution is 6.25. The van der Waals surface area contributed by atoms with Crippen molar-refractivity contribution in [3.8, 4) is 0 Å². The Balaban J connectivity index is 1.90. The minimum atomic E-state index is -0.768. The van der Waals surface area contributed by atoms with Crippen LogP contribution < -0.4 is 5.32 Å². The van der Waals surface area contributed by atoms with Crippen LogP contribution in [0.5, 0.6) is 0 Å². The summed E-state index contributed by atoms with van der Waals surface area (Å²) in [7, 11) is 1.19. The number of rotatable bonds is 7. The molecule has 3 N–H and O–H groups in total. The Kier molecular flexibility index (Phi) is 6.52. The standard InChI is InChI=1S/C15H28BN2O3/c19-14(20)15(6-11-18-9-2-1-3-10-18)12-13(4-7-16-21)5-8-17-15/h13,17,21H,1-12H2,(H,19,20). The zero-order valence-corrected chi connectivity index (χ0v) is 12.9. The molecule has 5 nitrogen and oxygen atoms in total. The van der Waals surface area contributed by atoms with Crippen LogP contribution in [0.3, 0.4) is 0 Å². The monoisotopic (exact) mass is 295 g/mol. The van der Waals surface area contributed by atoms with E-state index in [4.69, 9.17) is 5.02 Å². The Morgan fingerprint density at radius 3 is 2.76 bits per heavy atom.